The number of rotatable bonds is 7. The number of amides is 1. The zero-order valence-electron chi connectivity index (χ0n) is 31.6. The van der Waals surface area contributed by atoms with Gasteiger partial charge in [-0.1, -0.05) is 48.5 Å². The maximum Gasteiger partial charge on any atom is 0.309 e. The highest BCUT2D eigenvalue weighted by atomic mass is 35.5. The summed E-state index contributed by atoms with van der Waals surface area (Å²) in [5, 5.41) is 13.0. The van der Waals surface area contributed by atoms with Crippen molar-refractivity contribution in [3.8, 4) is 0 Å². The molecule has 0 aliphatic heterocycles. The van der Waals surface area contributed by atoms with Gasteiger partial charge in [0.1, 0.15) is 6.10 Å². The van der Waals surface area contributed by atoms with Gasteiger partial charge in [0.25, 0.3) is 5.91 Å². The van der Waals surface area contributed by atoms with Crippen molar-refractivity contribution in [1.82, 2.24) is 10.3 Å². The first kappa shape index (κ1) is 38.5. The fraction of sp³-hybridized carbons (Fsp3) is 0.732. The van der Waals surface area contributed by atoms with Crippen LogP contribution in [0.2, 0.25) is 0 Å². The minimum Gasteiger partial charge on any atom is -0.481 e. The summed E-state index contributed by atoms with van der Waals surface area (Å²) in [7, 11) is 0. The van der Waals surface area contributed by atoms with Gasteiger partial charge >= 0.3 is 11.9 Å². The van der Waals surface area contributed by atoms with Gasteiger partial charge in [-0.2, -0.15) is 0 Å². The van der Waals surface area contributed by atoms with E-state index in [1.165, 1.54) is 5.57 Å². The number of carboxylic acids is 1. The fourth-order valence-corrected chi connectivity index (χ4v) is 12.4. The lowest BCUT2D eigenvalue weighted by molar-refractivity contribution is -0.232. The Hall–Kier alpha value is -2.74. The number of Topliss-reactive ketones (excluding diaryl/α,β-unsaturated/α-hetero) is 1. The summed E-state index contributed by atoms with van der Waals surface area (Å²) in [5.41, 5.74) is 0.650. The van der Waals surface area contributed by atoms with Crippen LogP contribution in [0.4, 0.5) is 0 Å². The van der Waals surface area contributed by atoms with Crippen LogP contribution in [0.1, 0.15) is 137 Å². The SMILES string of the molecule is CC(C)C1=C2[C@H]3CC[C@@H]4[C@@]5(C)CC[C@H](OC(=O)CC(C)(C)C(=O)O)C(C)(C)[C@@H]5CC[C@@]4(C)[C@]3(C)CC[C@@]2(NC(=O)c2cccnc2)CC1=O.Cl. The number of halogens is 1. The number of carbonyl (C=O) groups excluding carboxylic acids is 3. The zero-order valence-corrected chi connectivity index (χ0v) is 32.4. The molecule has 2 N–H and O–H groups in total. The van der Waals surface area contributed by atoms with E-state index < -0.39 is 22.9 Å². The molecule has 1 aromatic heterocycles. The number of hydrogen-bond acceptors (Lipinski definition) is 6. The van der Waals surface area contributed by atoms with Crippen LogP contribution in [0.15, 0.2) is 35.7 Å². The summed E-state index contributed by atoms with van der Waals surface area (Å²) < 4.78 is 6.14. The van der Waals surface area contributed by atoms with Gasteiger partial charge in [-0.15, -0.1) is 12.4 Å². The number of carboxylic acid groups (broad SMARTS) is 1. The number of nitrogens with one attached hydrogen (secondary N) is 1. The second-order valence-electron chi connectivity index (χ2n) is 18.7. The summed E-state index contributed by atoms with van der Waals surface area (Å²) in [6.45, 7) is 19.4. The normalized spacial score (nSPS) is 37.4. The van der Waals surface area contributed by atoms with E-state index in [0.717, 1.165) is 56.9 Å². The lowest BCUT2D eigenvalue weighted by Crippen LogP contribution is -2.67. The van der Waals surface area contributed by atoms with Crippen LogP contribution in [-0.2, 0) is 19.1 Å². The molecule has 8 atom stereocenters. The van der Waals surface area contributed by atoms with Gasteiger partial charge in [-0.25, -0.2) is 0 Å². The number of aromatic nitrogens is 1. The molecule has 5 aliphatic rings. The summed E-state index contributed by atoms with van der Waals surface area (Å²) in [5.74, 6) is -0.272. The molecule has 1 heterocycles. The molecular weight excluding hydrogens is 652 g/mol. The fourth-order valence-electron chi connectivity index (χ4n) is 12.4. The van der Waals surface area contributed by atoms with Crippen molar-refractivity contribution in [3.63, 3.8) is 0 Å². The van der Waals surface area contributed by atoms with Crippen LogP contribution in [0.3, 0.4) is 0 Å². The molecule has 8 nitrogen and oxygen atoms in total. The molecule has 4 fully saturated rings. The molecule has 6 rings (SSSR count). The average Bonchev–Trinajstić information content (AvgIpc) is 3.30. The van der Waals surface area contributed by atoms with E-state index in [0.29, 0.717) is 23.8 Å². The van der Waals surface area contributed by atoms with Gasteiger partial charge < -0.3 is 15.2 Å². The highest BCUT2D eigenvalue weighted by Gasteiger charge is 2.70. The van der Waals surface area contributed by atoms with Gasteiger partial charge in [0, 0.05) is 24.2 Å². The molecule has 4 saturated carbocycles. The molecule has 276 valence electrons. The van der Waals surface area contributed by atoms with Crippen molar-refractivity contribution in [3.05, 3.63) is 41.2 Å². The van der Waals surface area contributed by atoms with Crippen LogP contribution in [-0.4, -0.2) is 45.4 Å². The van der Waals surface area contributed by atoms with Gasteiger partial charge in [-0.05, 0) is 128 Å². The number of hydrogen-bond donors (Lipinski definition) is 2. The Morgan fingerprint density at radius 2 is 1.68 bits per heavy atom. The van der Waals surface area contributed by atoms with Crippen molar-refractivity contribution in [1.29, 1.82) is 0 Å². The minimum absolute atomic E-state index is 0. The topological polar surface area (TPSA) is 123 Å². The minimum atomic E-state index is -1.17. The number of aliphatic carboxylic acids is 1. The van der Waals surface area contributed by atoms with E-state index in [-0.39, 0.29) is 70.1 Å². The number of nitrogens with zero attached hydrogens (tertiary/aromatic N) is 1. The first-order valence-electron chi connectivity index (χ1n) is 18.7. The number of pyridine rings is 1. The Balaban J connectivity index is 0.00000486. The molecule has 0 radical (unpaired) electrons. The van der Waals surface area contributed by atoms with Crippen LogP contribution in [0.25, 0.3) is 0 Å². The van der Waals surface area contributed by atoms with Crippen LogP contribution in [0, 0.1) is 50.7 Å². The molecule has 50 heavy (non-hydrogen) atoms. The van der Waals surface area contributed by atoms with E-state index in [9.17, 15) is 24.3 Å². The molecule has 9 heteroatoms. The molecular formula is C41H59ClN2O6. The van der Waals surface area contributed by atoms with Crippen LogP contribution in [0.5, 0.6) is 0 Å². The first-order chi connectivity index (χ1) is 22.7. The molecule has 5 aliphatic carbocycles. The zero-order chi connectivity index (χ0) is 35.9. The highest BCUT2D eigenvalue weighted by molar-refractivity contribution is 6.03. The molecule has 0 aromatic carbocycles. The van der Waals surface area contributed by atoms with Crippen molar-refractivity contribution in [2.75, 3.05) is 0 Å². The number of esters is 1. The molecule has 1 amide bonds. The van der Waals surface area contributed by atoms with E-state index >= 15 is 0 Å². The van der Waals surface area contributed by atoms with E-state index in [4.69, 9.17) is 4.74 Å². The third-order valence-electron chi connectivity index (χ3n) is 15.1. The first-order valence-corrected chi connectivity index (χ1v) is 18.7. The highest BCUT2D eigenvalue weighted by Crippen LogP contribution is 2.76. The summed E-state index contributed by atoms with van der Waals surface area (Å²) in [4.78, 5) is 56.5. The number of ether oxygens (including phenoxy) is 1. The lowest BCUT2D eigenvalue weighted by Gasteiger charge is -2.72. The second-order valence-corrected chi connectivity index (χ2v) is 18.7. The number of allylic oxidation sites excluding steroid dienone is 1. The second kappa shape index (κ2) is 12.7. The molecule has 1 aromatic rings. The Morgan fingerprint density at radius 3 is 2.30 bits per heavy atom. The Kier molecular flexibility index (Phi) is 9.80. The third kappa shape index (κ3) is 5.65. The van der Waals surface area contributed by atoms with E-state index in [2.05, 4.69) is 58.8 Å². The van der Waals surface area contributed by atoms with Gasteiger partial charge in [0.15, 0.2) is 5.78 Å². The van der Waals surface area contributed by atoms with Gasteiger partial charge in [-0.3, -0.25) is 24.2 Å². The van der Waals surface area contributed by atoms with Gasteiger partial charge in [0.05, 0.1) is 22.9 Å². The van der Waals surface area contributed by atoms with Crippen LogP contribution < -0.4 is 5.32 Å². The van der Waals surface area contributed by atoms with Crippen molar-refractivity contribution >= 4 is 36.0 Å². The maximum absolute atomic E-state index is 13.9. The predicted octanol–water partition coefficient (Wildman–Crippen LogP) is 8.38. The molecule has 0 saturated heterocycles. The predicted molar refractivity (Wildman–Crippen MR) is 195 cm³/mol. The molecule has 0 bridgehead atoms. The molecule has 0 unspecified atom stereocenters. The number of carbonyl (C=O) groups is 4. The Morgan fingerprint density at radius 1 is 0.980 bits per heavy atom. The third-order valence-corrected chi connectivity index (χ3v) is 15.1. The standard InChI is InChI=1S/C41H58N2O6.ClH/c1-24(2)32-27(44)21-41(43-34(46)25-11-10-20-42-23-25)19-18-39(8)26(33(32)41)12-13-29-38(7)16-15-30(49-31(45)22-36(3,4)35(47)48)37(5,6)28(38)14-17-40(29,39)9;/h10-11,20,23-24,26,28-30H,12-19,21-22H2,1-9H3,(H,43,46)(H,47,48);1H/t26-,28+,29-,30+,38+,39-,40-,41-;/m1./s1. The summed E-state index contributed by atoms with van der Waals surface area (Å²) in [6.07, 6.45) is 10.8. The lowest BCUT2D eigenvalue weighted by atomic mass is 9.33. The Bertz CT molecular complexity index is 1590. The van der Waals surface area contributed by atoms with E-state index in [1.54, 1.807) is 38.4 Å². The van der Waals surface area contributed by atoms with E-state index in [1.807, 2.05) is 0 Å². The van der Waals surface area contributed by atoms with Crippen molar-refractivity contribution in [2.45, 2.75) is 138 Å². The van der Waals surface area contributed by atoms with Gasteiger partial charge in [0.2, 0.25) is 0 Å². The van der Waals surface area contributed by atoms with Crippen molar-refractivity contribution in [2.24, 2.45) is 50.7 Å². The average molecular weight is 711 g/mol. The molecule has 0 spiro atoms. The number of ketones is 1. The summed E-state index contributed by atoms with van der Waals surface area (Å²) in [6, 6.07) is 3.56. The van der Waals surface area contributed by atoms with Crippen molar-refractivity contribution < 1.29 is 29.0 Å². The van der Waals surface area contributed by atoms with Crippen LogP contribution >= 0.6 is 12.4 Å². The maximum atomic E-state index is 13.9. The smallest absolute Gasteiger partial charge is 0.309 e. The quantitative estimate of drug-likeness (QED) is 0.273. The number of fused-ring (bicyclic) bond motifs is 7. The Labute approximate surface area is 304 Å². The largest absolute Gasteiger partial charge is 0.481 e. The summed E-state index contributed by atoms with van der Waals surface area (Å²) >= 11 is 0. The monoisotopic (exact) mass is 710 g/mol.